The number of carbonyl (C=O) groups excluding carboxylic acids is 3. The smallest absolute Gasteiger partial charge is 0.407 e. The van der Waals surface area contributed by atoms with Crippen molar-refractivity contribution in [1.82, 2.24) is 20.6 Å². The van der Waals surface area contributed by atoms with Crippen LogP contribution in [0.2, 0.25) is 0 Å². The molecule has 4 rings (SSSR count). The Labute approximate surface area is 210 Å². The van der Waals surface area contributed by atoms with E-state index in [1.807, 2.05) is 23.1 Å². The Hall–Kier alpha value is -3.34. The molecule has 1 aromatic rings. The lowest BCUT2D eigenvalue weighted by Crippen LogP contribution is -2.67. The molecule has 4 N–H and O–H groups in total. The van der Waals surface area contributed by atoms with Crippen LogP contribution >= 0.6 is 0 Å². The van der Waals surface area contributed by atoms with E-state index in [4.69, 9.17) is 0 Å². The lowest BCUT2D eigenvalue weighted by Gasteiger charge is -2.43. The van der Waals surface area contributed by atoms with Crippen molar-refractivity contribution in [2.24, 2.45) is 11.8 Å². The Morgan fingerprint density at radius 3 is 2.14 bits per heavy atom. The summed E-state index contributed by atoms with van der Waals surface area (Å²) >= 11 is 0. The SMILES string of the molecule is CC(=O)N[C@@]1(C(=O)NO)CCN(C(=O)O)C1C1CCC(C(=O)N2CCN(c3ccccc3)CC2)CC1. The predicted octanol–water partition coefficient (Wildman–Crippen LogP) is 1.27. The van der Waals surface area contributed by atoms with Gasteiger partial charge in [-0.05, 0) is 50.2 Å². The molecule has 11 heteroatoms. The summed E-state index contributed by atoms with van der Waals surface area (Å²) in [5.41, 5.74) is 1.23. The number of piperazine rings is 1. The van der Waals surface area contributed by atoms with E-state index in [2.05, 4.69) is 22.3 Å². The number of carboxylic acid groups (broad SMARTS) is 1. The minimum atomic E-state index is -1.55. The minimum absolute atomic E-state index is 0.0677. The third-order valence-electron chi connectivity index (χ3n) is 8.02. The molecule has 0 spiro atoms. The molecule has 2 atom stereocenters. The lowest BCUT2D eigenvalue weighted by molar-refractivity contribution is -0.142. The third-order valence-corrected chi connectivity index (χ3v) is 8.02. The topological polar surface area (TPSA) is 143 Å². The van der Waals surface area contributed by atoms with Crippen LogP contribution in [-0.2, 0) is 14.4 Å². The van der Waals surface area contributed by atoms with Gasteiger partial charge in [-0.25, -0.2) is 10.3 Å². The molecule has 0 bridgehead atoms. The van der Waals surface area contributed by atoms with Crippen molar-refractivity contribution in [1.29, 1.82) is 0 Å². The van der Waals surface area contributed by atoms with Crippen LogP contribution < -0.4 is 15.7 Å². The number of hydrogen-bond acceptors (Lipinski definition) is 6. The van der Waals surface area contributed by atoms with Crippen LogP contribution in [-0.4, -0.2) is 88.2 Å². The van der Waals surface area contributed by atoms with E-state index in [1.165, 1.54) is 11.8 Å². The summed E-state index contributed by atoms with van der Waals surface area (Å²) in [6, 6.07) is 9.31. The van der Waals surface area contributed by atoms with E-state index >= 15 is 0 Å². The van der Waals surface area contributed by atoms with Crippen molar-refractivity contribution < 1.29 is 29.5 Å². The summed E-state index contributed by atoms with van der Waals surface area (Å²) in [5.74, 6) is -1.54. The molecule has 2 aliphatic heterocycles. The molecule has 196 valence electrons. The number of nitrogens with zero attached hydrogens (tertiary/aromatic N) is 3. The molecule has 4 amide bonds. The van der Waals surface area contributed by atoms with E-state index < -0.39 is 29.5 Å². The number of benzene rings is 1. The fraction of sp³-hybridized carbons (Fsp3) is 0.600. The minimum Gasteiger partial charge on any atom is -0.465 e. The maximum Gasteiger partial charge on any atom is 0.407 e. The Bertz CT molecular complexity index is 974. The van der Waals surface area contributed by atoms with Gasteiger partial charge in [-0.15, -0.1) is 0 Å². The Kier molecular flexibility index (Phi) is 7.67. The maximum atomic E-state index is 13.3. The highest BCUT2D eigenvalue weighted by atomic mass is 16.5. The number of anilines is 1. The van der Waals surface area contributed by atoms with Crippen molar-refractivity contribution >= 4 is 29.5 Å². The van der Waals surface area contributed by atoms with Gasteiger partial charge in [0.2, 0.25) is 11.8 Å². The van der Waals surface area contributed by atoms with Crippen molar-refractivity contribution in [3.63, 3.8) is 0 Å². The highest BCUT2D eigenvalue weighted by Crippen LogP contribution is 2.42. The highest BCUT2D eigenvalue weighted by Gasteiger charge is 2.58. The van der Waals surface area contributed by atoms with Gasteiger partial charge < -0.3 is 25.1 Å². The maximum absolute atomic E-state index is 13.3. The second-order valence-corrected chi connectivity index (χ2v) is 10.0. The van der Waals surface area contributed by atoms with Crippen molar-refractivity contribution in [3.8, 4) is 0 Å². The first-order valence-electron chi connectivity index (χ1n) is 12.6. The quantitative estimate of drug-likeness (QED) is 0.352. The van der Waals surface area contributed by atoms with Crippen LogP contribution in [0.15, 0.2) is 30.3 Å². The predicted molar refractivity (Wildman–Crippen MR) is 130 cm³/mol. The Morgan fingerprint density at radius 1 is 0.944 bits per heavy atom. The largest absolute Gasteiger partial charge is 0.465 e. The van der Waals surface area contributed by atoms with Crippen LogP contribution in [0.5, 0.6) is 0 Å². The summed E-state index contributed by atoms with van der Waals surface area (Å²) in [7, 11) is 0. The number of likely N-dealkylation sites (tertiary alicyclic amines) is 1. The van der Waals surface area contributed by atoms with Gasteiger partial charge in [0, 0.05) is 51.3 Å². The van der Waals surface area contributed by atoms with Crippen LogP contribution in [0.1, 0.15) is 39.0 Å². The average molecular weight is 502 g/mol. The first-order chi connectivity index (χ1) is 17.3. The monoisotopic (exact) mass is 501 g/mol. The Balaban J connectivity index is 1.40. The molecule has 3 aliphatic rings. The summed E-state index contributed by atoms with van der Waals surface area (Å²) in [6.45, 7) is 4.20. The van der Waals surface area contributed by atoms with E-state index in [0.717, 1.165) is 18.8 Å². The van der Waals surface area contributed by atoms with Gasteiger partial charge in [0.1, 0.15) is 5.54 Å². The van der Waals surface area contributed by atoms with Crippen molar-refractivity contribution in [2.45, 2.75) is 50.6 Å². The molecule has 3 fully saturated rings. The van der Waals surface area contributed by atoms with Crippen LogP contribution in [0.4, 0.5) is 10.5 Å². The molecule has 0 aromatic heterocycles. The molecule has 2 heterocycles. The number of rotatable bonds is 5. The molecule has 36 heavy (non-hydrogen) atoms. The van der Waals surface area contributed by atoms with Gasteiger partial charge in [0.15, 0.2) is 0 Å². The standard InChI is InChI=1S/C25H35N5O6/c1-17(31)26-25(23(33)27-36)11-12-30(24(34)35)21(25)18-7-9-19(10-8-18)22(32)29-15-13-28(14-16-29)20-5-3-2-4-6-20/h2-6,18-19,21,36H,7-16H2,1H3,(H,26,31)(H,27,33)(H,34,35)/t18?,19?,21?,25-/m0/s1. The van der Waals surface area contributed by atoms with Gasteiger partial charge in [-0.2, -0.15) is 0 Å². The summed E-state index contributed by atoms with van der Waals surface area (Å²) in [6.07, 6.45) is 1.17. The number of carbonyl (C=O) groups is 4. The highest BCUT2D eigenvalue weighted by molar-refractivity contribution is 5.92. The zero-order valence-corrected chi connectivity index (χ0v) is 20.6. The van der Waals surface area contributed by atoms with Gasteiger partial charge in [0.25, 0.3) is 5.91 Å². The molecule has 2 saturated heterocycles. The van der Waals surface area contributed by atoms with Crippen LogP contribution in [0, 0.1) is 11.8 Å². The second kappa shape index (κ2) is 10.7. The van der Waals surface area contributed by atoms with Crippen molar-refractivity contribution in [2.75, 3.05) is 37.6 Å². The molecular weight excluding hydrogens is 466 g/mol. The van der Waals surface area contributed by atoms with E-state index in [-0.39, 0.29) is 30.7 Å². The van der Waals surface area contributed by atoms with Crippen LogP contribution in [0.25, 0.3) is 0 Å². The zero-order chi connectivity index (χ0) is 25.9. The fourth-order valence-corrected chi connectivity index (χ4v) is 6.34. The molecule has 11 nitrogen and oxygen atoms in total. The molecule has 1 unspecified atom stereocenters. The fourth-order valence-electron chi connectivity index (χ4n) is 6.34. The van der Waals surface area contributed by atoms with Gasteiger partial charge in [-0.1, -0.05) is 18.2 Å². The third kappa shape index (κ3) is 4.97. The lowest BCUT2D eigenvalue weighted by atomic mass is 9.72. The summed E-state index contributed by atoms with van der Waals surface area (Å²) < 4.78 is 0. The second-order valence-electron chi connectivity index (χ2n) is 10.0. The van der Waals surface area contributed by atoms with E-state index in [1.54, 1.807) is 5.48 Å². The van der Waals surface area contributed by atoms with Crippen LogP contribution in [0.3, 0.4) is 0 Å². The van der Waals surface area contributed by atoms with E-state index in [0.29, 0.717) is 38.8 Å². The number of para-hydroxylation sites is 1. The number of nitrogens with one attached hydrogen (secondary N) is 2. The zero-order valence-electron chi connectivity index (χ0n) is 20.6. The first-order valence-corrected chi connectivity index (χ1v) is 12.6. The van der Waals surface area contributed by atoms with Crippen molar-refractivity contribution in [3.05, 3.63) is 30.3 Å². The van der Waals surface area contributed by atoms with Gasteiger partial charge in [0.05, 0.1) is 6.04 Å². The number of hydrogen-bond donors (Lipinski definition) is 4. The molecule has 1 saturated carbocycles. The molecular formula is C25H35N5O6. The molecule has 1 aliphatic carbocycles. The Morgan fingerprint density at radius 2 is 1.58 bits per heavy atom. The van der Waals surface area contributed by atoms with E-state index in [9.17, 15) is 29.5 Å². The molecule has 1 aromatic carbocycles. The normalized spacial score (nSPS) is 28.5. The molecule has 0 radical (unpaired) electrons. The number of amides is 4. The average Bonchev–Trinajstić information content (AvgIpc) is 3.28. The first kappa shape index (κ1) is 25.7. The number of hydroxylamine groups is 1. The summed E-state index contributed by atoms with van der Waals surface area (Å²) in [4.78, 5) is 55.4. The van der Waals surface area contributed by atoms with Gasteiger partial charge >= 0.3 is 6.09 Å². The summed E-state index contributed by atoms with van der Waals surface area (Å²) in [5, 5.41) is 21.8. The van der Waals surface area contributed by atoms with Gasteiger partial charge in [-0.3, -0.25) is 19.6 Å².